The summed E-state index contributed by atoms with van der Waals surface area (Å²) in [5.41, 5.74) is 0.956. The molecular weight excluding hydrogens is 235 g/mol. The van der Waals surface area contributed by atoms with Crippen molar-refractivity contribution >= 4 is 5.97 Å². The van der Waals surface area contributed by atoms with Crippen LogP contribution in [0.1, 0.15) is 23.7 Å². The van der Waals surface area contributed by atoms with E-state index in [4.69, 9.17) is 5.11 Å². The molecule has 18 heavy (non-hydrogen) atoms. The highest BCUT2D eigenvalue weighted by molar-refractivity contribution is 5.88. The summed E-state index contributed by atoms with van der Waals surface area (Å²) in [6.45, 7) is 2.80. The third-order valence-electron chi connectivity index (χ3n) is 2.61. The molecule has 94 valence electrons. The molecule has 1 aromatic carbocycles. The first-order valence-corrected chi connectivity index (χ1v) is 5.67. The number of rotatable bonds is 4. The highest BCUT2D eigenvalue weighted by atomic mass is 19.1. The van der Waals surface area contributed by atoms with E-state index in [0.717, 1.165) is 19.0 Å². The minimum atomic E-state index is -1.14. The van der Waals surface area contributed by atoms with Crippen LogP contribution in [-0.2, 0) is 6.54 Å². The zero-order chi connectivity index (χ0) is 13.1. The molecule has 0 saturated carbocycles. The van der Waals surface area contributed by atoms with E-state index in [1.54, 1.807) is 17.1 Å². The van der Waals surface area contributed by atoms with Gasteiger partial charge in [0.25, 0.3) is 0 Å². The van der Waals surface area contributed by atoms with E-state index in [1.165, 1.54) is 12.1 Å². The van der Waals surface area contributed by atoms with Gasteiger partial charge in [-0.25, -0.2) is 9.18 Å². The Hall–Kier alpha value is -2.17. The number of carbonyl (C=O) groups is 1. The third kappa shape index (κ3) is 2.40. The Morgan fingerprint density at radius 3 is 2.89 bits per heavy atom. The fraction of sp³-hybridized carbons (Fsp3) is 0.231. The lowest BCUT2D eigenvalue weighted by Gasteiger charge is -2.01. The van der Waals surface area contributed by atoms with E-state index in [2.05, 4.69) is 5.10 Å². The first-order valence-electron chi connectivity index (χ1n) is 5.67. The van der Waals surface area contributed by atoms with Crippen LogP contribution in [0.3, 0.4) is 0 Å². The molecule has 5 heteroatoms. The summed E-state index contributed by atoms with van der Waals surface area (Å²) in [6.07, 6.45) is 4.28. The highest BCUT2D eigenvalue weighted by Gasteiger charge is 2.11. The Balaban J connectivity index is 2.35. The summed E-state index contributed by atoms with van der Waals surface area (Å²) in [6, 6.07) is 3.87. The standard InChI is InChI=1S/C13H13FN2O2/c1-2-5-16-8-10(7-15-16)11-4-3-9(13(17)18)6-12(11)14/h3-4,6-8H,2,5H2,1H3,(H,17,18). The predicted octanol–water partition coefficient (Wildman–Crippen LogP) is 2.80. The van der Waals surface area contributed by atoms with Crippen LogP contribution in [-0.4, -0.2) is 20.9 Å². The van der Waals surface area contributed by atoms with Gasteiger partial charge in [0.2, 0.25) is 0 Å². The topological polar surface area (TPSA) is 55.1 Å². The van der Waals surface area contributed by atoms with Gasteiger partial charge in [-0.3, -0.25) is 4.68 Å². The second-order valence-electron chi connectivity index (χ2n) is 3.99. The minimum absolute atomic E-state index is 0.0581. The molecule has 0 radical (unpaired) electrons. The fourth-order valence-electron chi connectivity index (χ4n) is 1.74. The van der Waals surface area contributed by atoms with Crippen LogP contribution in [0.2, 0.25) is 0 Å². The molecule has 2 rings (SSSR count). The largest absolute Gasteiger partial charge is 0.478 e. The van der Waals surface area contributed by atoms with Crippen LogP contribution in [0.4, 0.5) is 4.39 Å². The maximum atomic E-state index is 13.8. The number of aryl methyl sites for hydroxylation is 1. The van der Waals surface area contributed by atoms with E-state index in [1.807, 2.05) is 6.92 Å². The summed E-state index contributed by atoms with van der Waals surface area (Å²) in [5.74, 6) is -1.69. The normalized spacial score (nSPS) is 10.6. The van der Waals surface area contributed by atoms with Gasteiger partial charge in [0, 0.05) is 23.9 Å². The maximum absolute atomic E-state index is 13.8. The Bertz CT molecular complexity index is 578. The van der Waals surface area contributed by atoms with Crippen LogP contribution >= 0.6 is 0 Å². The average Bonchev–Trinajstić information content (AvgIpc) is 2.77. The van der Waals surface area contributed by atoms with Crippen LogP contribution in [0, 0.1) is 5.82 Å². The molecule has 1 aromatic heterocycles. The summed E-state index contributed by atoms with van der Waals surface area (Å²) < 4.78 is 15.5. The van der Waals surface area contributed by atoms with E-state index in [0.29, 0.717) is 11.1 Å². The lowest BCUT2D eigenvalue weighted by molar-refractivity contribution is 0.0696. The van der Waals surface area contributed by atoms with E-state index in [9.17, 15) is 9.18 Å². The molecule has 0 atom stereocenters. The van der Waals surface area contributed by atoms with Crippen molar-refractivity contribution < 1.29 is 14.3 Å². The van der Waals surface area contributed by atoms with Crippen LogP contribution in [0.15, 0.2) is 30.6 Å². The lowest BCUT2D eigenvalue weighted by atomic mass is 10.1. The van der Waals surface area contributed by atoms with Gasteiger partial charge in [0.15, 0.2) is 0 Å². The molecule has 0 amide bonds. The number of halogens is 1. The quantitative estimate of drug-likeness (QED) is 0.905. The third-order valence-corrected chi connectivity index (χ3v) is 2.61. The minimum Gasteiger partial charge on any atom is -0.478 e. The second-order valence-corrected chi connectivity index (χ2v) is 3.99. The molecule has 0 bridgehead atoms. The molecule has 0 fully saturated rings. The van der Waals surface area contributed by atoms with Crippen molar-refractivity contribution in [2.24, 2.45) is 0 Å². The van der Waals surface area contributed by atoms with E-state index >= 15 is 0 Å². The fourth-order valence-corrected chi connectivity index (χ4v) is 1.74. The van der Waals surface area contributed by atoms with Crippen molar-refractivity contribution in [1.29, 1.82) is 0 Å². The summed E-state index contributed by atoms with van der Waals surface area (Å²) in [5, 5.41) is 12.9. The van der Waals surface area contributed by atoms with Gasteiger partial charge in [0.05, 0.1) is 11.8 Å². The van der Waals surface area contributed by atoms with Crippen molar-refractivity contribution in [3.05, 3.63) is 42.0 Å². The number of nitrogens with zero attached hydrogens (tertiary/aromatic N) is 2. The summed E-state index contributed by atoms with van der Waals surface area (Å²) >= 11 is 0. The number of hydrogen-bond donors (Lipinski definition) is 1. The Morgan fingerprint density at radius 2 is 2.28 bits per heavy atom. The maximum Gasteiger partial charge on any atom is 0.335 e. The number of benzene rings is 1. The Kier molecular flexibility index (Phi) is 3.41. The van der Waals surface area contributed by atoms with E-state index < -0.39 is 11.8 Å². The molecule has 1 N–H and O–H groups in total. The lowest BCUT2D eigenvalue weighted by Crippen LogP contribution is -1.97. The van der Waals surface area contributed by atoms with Crippen molar-refractivity contribution in [3.63, 3.8) is 0 Å². The monoisotopic (exact) mass is 248 g/mol. The van der Waals surface area contributed by atoms with Crippen LogP contribution < -0.4 is 0 Å². The summed E-state index contributed by atoms with van der Waals surface area (Å²) in [7, 11) is 0. The van der Waals surface area contributed by atoms with Gasteiger partial charge in [-0.15, -0.1) is 0 Å². The molecule has 0 unspecified atom stereocenters. The zero-order valence-electron chi connectivity index (χ0n) is 9.93. The highest BCUT2D eigenvalue weighted by Crippen LogP contribution is 2.23. The van der Waals surface area contributed by atoms with Crippen LogP contribution in [0.25, 0.3) is 11.1 Å². The molecule has 0 aliphatic carbocycles. The number of carboxylic acids is 1. The average molecular weight is 248 g/mol. The van der Waals surface area contributed by atoms with Gasteiger partial charge in [-0.1, -0.05) is 13.0 Å². The zero-order valence-corrected chi connectivity index (χ0v) is 9.93. The van der Waals surface area contributed by atoms with Crippen molar-refractivity contribution in [3.8, 4) is 11.1 Å². The van der Waals surface area contributed by atoms with Gasteiger partial charge in [0.1, 0.15) is 5.82 Å². The van der Waals surface area contributed by atoms with Gasteiger partial charge >= 0.3 is 5.97 Å². The number of hydrogen-bond acceptors (Lipinski definition) is 2. The molecule has 1 heterocycles. The van der Waals surface area contributed by atoms with Gasteiger partial charge < -0.3 is 5.11 Å². The first kappa shape index (κ1) is 12.3. The van der Waals surface area contributed by atoms with Crippen molar-refractivity contribution in [1.82, 2.24) is 9.78 Å². The number of aromatic carboxylic acids is 1. The molecule has 2 aromatic rings. The summed E-state index contributed by atoms with van der Waals surface area (Å²) in [4.78, 5) is 10.7. The van der Waals surface area contributed by atoms with Gasteiger partial charge in [-0.05, 0) is 18.6 Å². The molecular formula is C13H13FN2O2. The molecule has 4 nitrogen and oxygen atoms in total. The molecule has 0 saturated heterocycles. The van der Waals surface area contributed by atoms with Crippen molar-refractivity contribution in [2.45, 2.75) is 19.9 Å². The number of aromatic nitrogens is 2. The van der Waals surface area contributed by atoms with Crippen LogP contribution in [0.5, 0.6) is 0 Å². The predicted molar refractivity (Wildman–Crippen MR) is 64.9 cm³/mol. The smallest absolute Gasteiger partial charge is 0.335 e. The number of carboxylic acid groups (broad SMARTS) is 1. The Morgan fingerprint density at radius 1 is 1.50 bits per heavy atom. The Labute approximate surface area is 104 Å². The van der Waals surface area contributed by atoms with E-state index in [-0.39, 0.29) is 5.56 Å². The first-order chi connectivity index (χ1) is 8.61. The molecule has 0 spiro atoms. The molecule has 0 aliphatic rings. The second kappa shape index (κ2) is 5.00. The van der Waals surface area contributed by atoms with Gasteiger partial charge in [-0.2, -0.15) is 5.10 Å². The molecule has 0 aliphatic heterocycles. The van der Waals surface area contributed by atoms with Crippen molar-refractivity contribution in [2.75, 3.05) is 0 Å². The SMILES string of the molecule is CCCn1cc(-c2ccc(C(=O)O)cc2F)cn1.